The summed E-state index contributed by atoms with van der Waals surface area (Å²) in [5.41, 5.74) is 3.06. The number of carbonyl (C=O) groups excluding carboxylic acids is 1. The van der Waals surface area contributed by atoms with Crippen molar-refractivity contribution >= 4 is 15.9 Å². The number of hydrogen-bond donors (Lipinski definition) is 0. The van der Waals surface area contributed by atoms with Gasteiger partial charge in [-0.1, -0.05) is 24.3 Å². The lowest BCUT2D eigenvalue weighted by Gasteiger charge is -2.19. The Bertz CT molecular complexity index is 917. The molecule has 0 spiro atoms. The van der Waals surface area contributed by atoms with E-state index in [-0.39, 0.29) is 17.3 Å². The van der Waals surface area contributed by atoms with Gasteiger partial charge in [0, 0.05) is 27.7 Å². The zero-order valence-corrected chi connectivity index (χ0v) is 17.0. The monoisotopic (exact) mass is 378 g/mol. The van der Waals surface area contributed by atoms with E-state index in [0.29, 0.717) is 17.9 Å². The molecule has 1 amide bonds. The van der Waals surface area contributed by atoms with E-state index in [1.807, 2.05) is 31.2 Å². The van der Waals surface area contributed by atoms with Crippen molar-refractivity contribution < 1.29 is 13.2 Å². The number of aromatic nitrogens is 2. The summed E-state index contributed by atoms with van der Waals surface area (Å²) in [7, 11) is 1.09. The quantitative estimate of drug-likeness (QED) is 0.767. The molecule has 0 fully saturated rings. The van der Waals surface area contributed by atoms with Gasteiger partial charge in [0.25, 0.3) is 0 Å². The lowest BCUT2D eigenvalue weighted by Crippen LogP contribution is -2.30. The highest BCUT2D eigenvalue weighted by molar-refractivity contribution is 7.89. The molecule has 8 heteroatoms. The maximum Gasteiger partial charge on any atom is 0.246 e. The van der Waals surface area contributed by atoms with E-state index in [1.54, 1.807) is 25.8 Å². The summed E-state index contributed by atoms with van der Waals surface area (Å²) in [6, 6.07) is 7.90. The Balaban J connectivity index is 2.21. The van der Waals surface area contributed by atoms with Crippen LogP contribution in [0.3, 0.4) is 0 Å². The minimum atomic E-state index is -3.60. The van der Waals surface area contributed by atoms with E-state index < -0.39 is 10.0 Å². The van der Waals surface area contributed by atoms with Crippen molar-refractivity contribution in [3.63, 3.8) is 0 Å². The third-order valence-electron chi connectivity index (χ3n) is 4.43. The third kappa shape index (κ3) is 3.96. The van der Waals surface area contributed by atoms with Crippen LogP contribution >= 0.6 is 0 Å². The van der Waals surface area contributed by atoms with Gasteiger partial charge in [0.15, 0.2) is 0 Å². The van der Waals surface area contributed by atoms with Gasteiger partial charge in [0.1, 0.15) is 11.4 Å². The van der Waals surface area contributed by atoms with Crippen LogP contribution in [0.1, 0.15) is 22.5 Å². The highest BCUT2D eigenvalue weighted by Gasteiger charge is 2.27. The molecule has 7 nitrogen and oxygen atoms in total. The molecule has 2 aromatic rings. The Labute approximate surface area is 155 Å². The molecule has 0 aliphatic carbocycles. The van der Waals surface area contributed by atoms with E-state index in [1.165, 1.54) is 18.8 Å². The maximum absolute atomic E-state index is 12.6. The molecule has 0 saturated carbocycles. The second-order valence-corrected chi connectivity index (χ2v) is 8.71. The Kier molecular flexibility index (Phi) is 5.87. The van der Waals surface area contributed by atoms with Gasteiger partial charge in [-0.2, -0.15) is 5.10 Å². The first-order valence-corrected chi connectivity index (χ1v) is 9.74. The average molecular weight is 378 g/mol. The van der Waals surface area contributed by atoms with E-state index in [2.05, 4.69) is 5.10 Å². The van der Waals surface area contributed by atoms with Gasteiger partial charge < -0.3 is 4.90 Å². The summed E-state index contributed by atoms with van der Waals surface area (Å²) in [4.78, 5) is 14.4. The second kappa shape index (κ2) is 7.59. The van der Waals surface area contributed by atoms with E-state index in [9.17, 15) is 13.2 Å². The van der Waals surface area contributed by atoms with Gasteiger partial charge in [0.2, 0.25) is 15.9 Å². The fourth-order valence-electron chi connectivity index (χ4n) is 2.77. The van der Waals surface area contributed by atoms with Crippen LogP contribution in [0, 0.1) is 20.8 Å². The standard InChI is InChI=1S/C18H26N4O3S/c1-13-9-7-8-10-16(13)11-21(6)17(23)12-22-15(3)18(14(2)19-22)26(24,25)20(4)5/h7-10H,11-12H2,1-6H3. The maximum atomic E-state index is 12.6. The summed E-state index contributed by atoms with van der Waals surface area (Å²) >= 11 is 0. The number of benzene rings is 1. The van der Waals surface area contributed by atoms with Gasteiger partial charge in [-0.25, -0.2) is 12.7 Å². The molecule has 2 rings (SSSR count). The van der Waals surface area contributed by atoms with Crippen LogP contribution in [-0.2, 0) is 27.9 Å². The highest BCUT2D eigenvalue weighted by atomic mass is 32.2. The van der Waals surface area contributed by atoms with Crippen LogP contribution in [0.25, 0.3) is 0 Å². The van der Waals surface area contributed by atoms with Gasteiger partial charge >= 0.3 is 0 Å². The number of likely N-dealkylation sites (N-methyl/N-ethyl adjacent to an activating group) is 1. The van der Waals surface area contributed by atoms with Gasteiger partial charge in [-0.15, -0.1) is 0 Å². The molecule has 1 heterocycles. The Hall–Kier alpha value is -2.19. The summed E-state index contributed by atoms with van der Waals surface area (Å²) in [6.45, 7) is 5.81. The molecule has 26 heavy (non-hydrogen) atoms. The fourth-order valence-corrected chi connectivity index (χ4v) is 4.03. The van der Waals surface area contributed by atoms with Gasteiger partial charge in [-0.3, -0.25) is 9.48 Å². The van der Waals surface area contributed by atoms with Gasteiger partial charge in [0.05, 0.1) is 11.4 Å². The topological polar surface area (TPSA) is 75.5 Å². The smallest absolute Gasteiger partial charge is 0.246 e. The lowest BCUT2D eigenvalue weighted by molar-refractivity contribution is -0.131. The van der Waals surface area contributed by atoms with Crippen LogP contribution in [0.15, 0.2) is 29.2 Å². The lowest BCUT2D eigenvalue weighted by atomic mass is 10.1. The van der Waals surface area contributed by atoms with Crippen molar-refractivity contribution in [3.8, 4) is 0 Å². The molecule has 0 aliphatic heterocycles. The molecule has 0 atom stereocenters. The van der Waals surface area contributed by atoms with E-state index in [4.69, 9.17) is 0 Å². The largest absolute Gasteiger partial charge is 0.340 e. The van der Waals surface area contributed by atoms with Crippen LogP contribution in [0.2, 0.25) is 0 Å². The summed E-state index contributed by atoms with van der Waals surface area (Å²) in [5, 5.41) is 4.27. The molecule has 0 radical (unpaired) electrons. The normalized spacial score (nSPS) is 11.8. The average Bonchev–Trinajstić information content (AvgIpc) is 2.83. The first-order chi connectivity index (χ1) is 12.1. The molecule has 142 valence electrons. The van der Waals surface area contributed by atoms with Crippen LogP contribution in [0.4, 0.5) is 0 Å². The van der Waals surface area contributed by atoms with E-state index in [0.717, 1.165) is 15.4 Å². The Morgan fingerprint density at radius 3 is 2.31 bits per heavy atom. The minimum Gasteiger partial charge on any atom is -0.340 e. The minimum absolute atomic E-state index is 0.00198. The number of sulfonamides is 1. The van der Waals surface area contributed by atoms with Crippen LogP contribution < -0.4 is 0 Å². The summed E-state index contributed by atoms with van der Waals surface area (Å²) < 4.78 is 27.5. The molecule has 0 saturated heterocycles. The molecule has 0 bridgehead atoms. The van der Waals surface area contributed by atoms with Crippen LogP contribution in [-0.4, -0.2) is 54.5 Å². The molecular formula is C18H26N4O3S. The SMILES string of the molecule is Cc1ccccc1CN(C)C(=O)Cn1nc(C)c(S(=O)(=O)N(C)C)c1C. The Morgan fingerprint density at radius 2 is 1.73 bits per heavy atom. The van der Waals surface area contributed by atoms with Crippen molar-refractivity contribution in [1.82, 2.24) is 19.0 Å². The molecule has 0 N–H and O–H groups in total. The fraction of sp³-hybridized carbons (Fsp3) is 0.444. The molecular weight excluding hydrogens is 352 g/mol. The number of carbonyl (C=O) groups is 1. The summed E-state index contributed by atoms with van der Waals surface area (Å²) in [6.07, 6.45) is 0. The number of rotatable bonds is 6. The number of amides is 1. The third-order valence-corrected chi connectivity index (χ3v) is 6.50. The molecule has 1 aromatic heterocycles. The number of aryl methyl sites for hydroxylation is 2. The first-order valence-electron chi connectivity index (χ1n) is 8.30. The van der Waals surface area contributed by atoms with Crippen molar-refractivity contribution in [2.75, 3.05) is 21.1 Å². The Morgan fingerprint density at radius 1 is 1.12 bits per heavy atom. The molecule has 0 unspecified atom stereocenters. The zero-order chi connectivity index (χ0) is 19.6. The van der Waals surface area contributed by atoms with Crippen molar-refractivity contribution in [2.24, 2.45) is 0 Å². The predicted molar refractivity (Wildman–Crippen MR) is 100 cm³/mol. The first kappa shape index (κ1) is 20.1. The van der Waals surface area contributed by atoms with Gasteiger partial charge in [-0.05, 0) is 31.9 Å². The molecule has 0 aliphatic rings. The summed E-state index contributed by atoms with van der Waals surface area (Å²) in [5.74, 6) is -0.132. The number of nitrogens with zero attached hydrogens (tertiary/aromatic N) is 4. The molecule has 1 aromatic carbocycles. The van der Waals surface area contributed by atoms with E-state index >= 15 is 0 Å². The zero-order valence-electron chi connectivity index (χ0n) is 16.1. The second-order valence-electron chi connectivity index (χ2n) is 6.62. The highest BCUT2D eigenvalue weighted by Crippen LogP contribution is 2.22. The predicted octanol–water partition coefficient (Wildman–Crippen LogP) is 1.72. The number of hydrogen-bond acceptors (Lipinski definition) is 4. The van der Waals surface area contributed by atoms with Crippen molar-refractivity contribution in [3.05, 3.63) is 46.8 Å². The van der Waals surface area contributed by atoms with Crippen LogP contribution in [0.5, 0.6) is 0 Å². The van der Waals surface area contributed by atoms with Crippen molar-refractivity contribution in [2.45, 2.75) is 38.8 Å². The van der Waals surface area contributed by atoms with Crippen molar-refractivity contribution in [1.29, 1.82) is 0 Å².